The van der Waals surface area contributed by atoms with Gasteiger partial charge < -0.3 is 15.3 Å². The molecule has 2 amide bonds. The molecule has 0 saturated carbocycles. The second-order valence-electron chi connectivity index (χ2n) is 7.19. The molecule has 30 heavy (non-hydrogen) atoms. The average molecular weight is 417 g/mol. The van der Waals surface area contributed by atoms with Crippen LogP contribution in [0.5, 0.6) is 0 Å². The van der Waals surface area contributed by atoms with Crippen molar-refractivity contribution in [3.05, 3.63) is 66.0 Å². The van der Waals surface area contributed by atoms with E-state index >= 15 is 0 Å². The van der Waals surface area contributed by atoms with E-state index in [1.165, 1.54) is 0 Å². The van der Waals surface area contributed by atoms with Crippen molar-refractivity contribution in [1.82, 2.24) is 14.9 Å². The fourth-order valence-corrected chi connectivity index (χ4v) is 4.61. The van der Waals surface area contributed by atoms with Gasteiger partial charge in [-0.05, 0) is 30.5 Å². The first-order valence-corrected chi connectivity index (χ1v) is 10.9. The minimum atomic E-state index is -0.375. The van der Waals surface area contributed by atoms with E-state index in [9.17, 15) is 9.59 Å². The Morgan fingerprint density at radius 2 is 1.77 bits per heavy atom. The number of amides is 2. The van der Waals surface area contributed by atoms with E-state index in [1.807, 2.05) is 47.4 Å². The van der Waals surface area contributed by atoms with E-state index in [-0.39, 0.29) is 11.8 Å². The Hall–Kier alpha value is -3.29. The van der Waals surface area contributed by atoms with Crippen LogP contribution in [0.1, 0.15) is 11.1 Å². The molecular formula is C23H20N4O2S. The number of fused-ring (bicyclic) bond motifs is 2. The molecule has 1 aliphatic heterocycles. The third kappa shape index (κ3) is 2.78. The summed E-state index contributed by atoms with van der Waals surface area (Å²) in [5, 5.41) is 4.34. The number of H-pyrrole nitrogens is 1. The van der Waals surface area contributed by atoms with E-state index in [2.05, 4.69) is 22.4 Å². The number of para-hydroxylation sites is 1. The van der Waals surface area contributed by atoms with Gasteiger partial charge in [0.05, 0.1) is 11.1 Å². The predicted octanol–water partition coefficient (Wildman–Crippen LogP) is 3.37. The molecule has 0 spiro atoms. The molecule has 0 aliphatic carbocycles. The van der Waals surface area contributed by atoms with Crippen molar-refractivity contribution in [1.29, 1.82) is 0 Å². The molecule has 0 unspecified atom stereocenters. The number of carbonyl (C=O) groups is 2. The van der Waals surface area contributed by atoms with Crippen LogP contribution in [0.2, 0.25) is 0 Å². The Morgan fingerprint density at radius 3 is 2.53 bits per heavy atom. The van der Waals surface area contributed by atoms with Gasteiger partial charge >= 0.3 is 0 Å². The number of carbonyl (C=O) groups excluding carboxylic acids is 2. The van der Waals surface area contributed by atoms with Crippen molar-refractivity contribution >= 4 is 56.5 Å². The van der Waals surface area contributed by atoms with Gasteiger partial charge in [0.15, 0.2) is 0 Å². The molecule has 0 fully saturated rings. The Bertz CT molecular complexity index is 1360. The van der Waals surface area contributed by atoms with Crippen molar-refractivity contribution in [3.8, 4) is 0 Å². The highest BCUT2D eigenvalue weighted by molar-refractivity contribution is 7.98. The lowest BCUT2D eigenvalue weighted by atomic mass is 9.95. The minimum absolute atomic E-state index is 0.373. The van der Waals surface area contributed by atoms with Crippen LogP contribution in [0.15, 0.2) is 59.8 Å². The summed E-state index contributed by atoms with van der Waals surface area (Å²) in [4.78, 5) is 30.1. The largest absolute Gasteiger partial charge is 0.361 e. The van der Waals surface area contributed by atoms with Crippen molar-refractivity contribution in [2.45, 2.75) is 11.4 Å². The van der Waals surface area contributed by atoms with Gasteiger partial charge in [-0.15, -0.1) is 11.8 Å². The molecule has 2 aromatic carbocycles. The maximum atomic E-state index is 13.0. The Morgan fingerprint density at radius 1 is 1.00 bits per heavy atom. The highest BCUT2D eigenvalue weighted by atomic mass is 32.2. The SMILES string of the molecule is CSc1ccc2c(c1)c(C1=C(c3c[nH]c4ccccc34)C(=O)NC1=O)cn2CCN. The first-order valence-electron chi connectivity index (χ1n) is 9.66. The molecule has 0 atom stereocenters. The first-order chi connectivity index (χ1) is 14.6. The van der Waals surface area contributed by atoms with E-state index in [0.29, 0.717) is 24.2 Å². The highest BCUT2D eigenvalue weighted by Gasteiger charge is 2.35. The zero-order valence-corrected chi connectivity index (χ0v) is 17.2. The smallest absolute Gasteiger partial charge is 0.259 e. The standard InChI is InChI=1S/C23H20N4O2S/c1-30-13-6-7-19-15(10-13)17(12-27(19)9-8-24)21-20(22(28)26-23(21)29)16-11-25-18-5-3-2-4-14(16)18/h2-7,10-12,25H,8-9,24H2,1H3,(H,26,28,29). The molecule has 7 heteroatoms. The predicted molar refractivity (Wildman–Crippen MR) is 121 cm³/mol. The summed E-state index contributed by atoms with van der Waals surface area (Å²) in [6.45, 7) is 1.10. The third-order valence-electron chi connectivity index (χ3n) is 5.52. The van der Waals surface area contributed by atoms with Crippen LogP contribution < -0.4 is 11.1 Å². The van der Waals surface area contributed by atoms with Crippen LogP contribution in [0.25, 0.3) is 33.0 Å². The Labute approximate surface area is 177 Å². The summed E-state index contributed by atoms with van der Waals surface area (Å²) in [6, 6.07) is 13.9. The number of nitrogens with two attached hydrogens (primary N) is 1. The van der Waals surface area contributed by atoms with Crippen LogP contribution in [0.3, 0.4) is 0 Å². The lowest BCUT2D eigenvalue weighted by Crippen LogP contribution is -2.22. The molecule has 0 bridgehead atoms. The summed E-state index contributed by atoms with van der Waals surface area (Å²) in [6.07, 6.45) is 5.74. The number of rotatable bonds is 5. The average Bonchev–Trinajstić information content (AvgIpc) is 3.41. The molecule has 5 rings (SSSR count). The summed E-state index contributed by atoms with van der Waals surface area (Å²) in [5.41, 5.74) is 10.0. The van der Waals surface area contributed by atoms with E-state index in [0.717, 1.165) is 37.8 Å². The molecule has 1 aliphatic rings. The topological polar surface area (TPSA) is 92.9 Å². The molecular weight excluding hydrogens is 396 g/mol. The van der Waals surface area contributed by atoms with E-state index < -0.39 is 0 Å². The van der Waals surface area contributed by atoms with Gasteiger partial charge in [-0.2, -0.15) is 0 Å². The van der Waals surface area contributed by atoms with E-state index in [4.69, 9.17) is 5.73 Å². The lowest BCUT2D eigenvalue weighted by molar-refractivity contribution is -0.122. The van der Waals surface area contributed by atoms with Gasteiger partial charge in [0.25, 0.3) is 11.8 Å². The van der Waals surface area contributed by atoms with Crippen LogP contribution in [0, 0.1) is 0 Å². The Balaban J connectivity index is 1.83. The third-order valence-corrected chi connectivity index (χ3v) is 6.24. The normalized spacial score (nSPS) is 14.3. The monoisotopic (exact) mass is 416 g/mol. The van der Waals surface area contributed by atoms with Crippen molar-refractivity contribution in [3.63, 3.8) is 0 Å². The maximum Gasteiger partial charge on any atom is 0.259 e. The molecule has 3 heterocycles. The number of nitrogens with zero attached hydrogens (tertiary/aromatic N) is 1. The molecule has 4 aromatic rings. The molecule has 0 radical (unpaired) electrons. The quantitative estimate of drug-likeness (QED) is 0.344. The van der Waals surface area contributed by atoms with Gasteiger partial charge in [0.2, 0.25) is 0 Å². The zero-order chi connectivity index (χ0) is 20.8. The zero-order valence-electron chi connectivity index (χ0n) is 16.4. The summed E-state index contributed by atoms with van der Waals surface area (Å²) in [5.74, 6) is -0.748. The van der Waals surface area contributed by atoms with E-state index in [1.54, 1.807) is 18.0 Å². The van der Waals surface area contributed by atoms with Gasteiger partial charge in [0.1, 0.15) is 0 Å². The van der Waals surface area contributed by atoms with Crippen molar-refractivity contribution < 1.29 is 9.59 Å². The molecule has 2 aromatic heterocycles. The fourth-order valence-electron chi connectivity index (χ4n) is 4.17. The Kier molecular flexibility index (Phi) is 4.49. The fraction of sp³-hybridized carbons (Fsp3) is 0.130. The molecule has 150 valence electrons. The van der Waals surface area contributed by atoms with Gasteiger partial charge in [-0.1, -0.05) is 18.2 Å². The van der Waals surface area contributed by atoms with Crippen LogP contribution in [-0.2, 0) is 16.1 Å². The molecule has 6 nitrogen and oxygen atoms in total. The van der Waals surface area contributed by atoms with Crippen LogP contribution in [0.4, 0.5) is 0 Å². The first kappa shape index (κ1) is 18.7. The summed E-state index contributed by atoms with van der Waals surface area (Å²) < 4.78 is 2.05. The number of imide groups is 1. The van der Waals surface area contributed by atoms with Crippen molar-refractivity contribution in [2.24, 2.45) is 5.73 Å². The lowest BCUT2D eigenvalue weighted by Gasteiger charge is -2.04. The number of thioether (sulfide) groups is 1. The summed E-state index contributed by atoms with van der Waals surface area (Å²) in [7, 11) is 0. The number of benzene rings is 2. The number of hydrogen-bond acceptors (Lipinski definition) is 4. The van der Waals surface area contributed by atoms with Gasteiger partial charge in [-0.3, -0.25) is 14.9 Å². The minimum Gasteiger partial charge on any atom is -0.361 e. The van der Waals surface area contributed by atoms with Crippen molar-refractivity contribution in [2.75, 3.05) is 12.8 Å². The highest BCUT2D eigenvalue weighted by Crippen LogP contribution is 2.39. The second kappa shape index (κ2) is 7.19. The molecule has 0 saturated heterocycles. The van der Waals surface area contributed by atoms with Crippen LogP contribution >= 0.6 is 11.8 Å². The molecule has 4 N–H and O–H groups in total. The van der Waals surface area contributed by atoms with Crippen LogP contribution in [-0.4, -0.2) is 34.2 Å². The summed E-state index contributed by atoms with van der Waals surface area (Å²) >= 11 is 1.64. The maximum absolute atomic E-state index is 13.0. The van der Waals surface area contributed by atoms with Gasteiger partial charge in [0, 0.05) is 63.3 Å². The number of aromatic amines is 1. The van der Waals surface area contributed by atoms with Gasteiger partial charge in [-0.25, -0.2) is 0 Å². The number of nitrogens with one attached hydrogen (secondary N) is 2. The second-order valence-corrected chi connectivity index (χ2v) is 8.07. The number of aromatic nitrogens is 2. The number of hydrogen-bond donors (Lipinski definition) is 3.